The smallest absolute Gasteiger partial charge is 0.262 e. The van der Waals surface area contributed by atoms with E-state index in [1.54, 1.807) is 20.4 Å². The summed E-state index contributed by atoms with van der Waals surface area (Å²) in [5.74, 6) is 0.591. The van der Waals surface area contributed by atoms with E-state index in [1.807, 2.05) is 17.7 Å². The number of carbonyl (C=O) groups excluding carboxylic acids is 1. The van der Waals surface area contributed by atoms with Crippen LogP contribution in [0.25, 0.3) is 10.9 Å². The molecule has 0 N–H and O–H groups in total. The molecule has 288 valence electrons. The van der Waals surface area contributed by atoms with E-state index in [2.05, 4.69) is 56.3 Å². The molecule has 3 fully saturated rings. The van der Waals surface area contributed by atoms with Crippen LogP contribution < -0.4 is 9.64 Å². The number of anilines is 1. The normalized spacial score (nSPS) is 20.6. The minimum absolute atomic E-state index is 0.0365. The fourth-order valence-electron chi connectivity index (χ4n) is 8.72. The van der Waals surface area contributed by atoms with Crippen molar-refractivity contribution in [3.8, 4) is 17.7 Å². The molecule has 7 rings (SSSR count). The van der Waals surface area contributed by atoms with Crippen molar-refractivity contribution in [1.29, 1.82) is 5.26 Å². The Bertz CT molecular complexity index is 2220. The summed E-state index contributed by atoms with van der Waals surface area (Å²) in [7, 11) is 1.98. The number of fused-ring (bicyclic) bond motifs is 1. The Labute approximate surface area is 317 Å². The molecule has 0 bridgehead atoms. The number of rotatable bonds is 10. The highest BCUT2D eigenvalue weighted by molar-refractivity contribution is 7.88. The first-order chi connectivity index (χ1) is 25.7. The van der Waals surface area contributed by atoms with Gasteiger partial charge in [-0.15, -0.1) is 0 Å². The van der Waals surface area contributed by atoms with Crippen LogP contribution >= 0.6 is 0 Å². The first-order valence-electron chi connectivity index (χ1n) is 18.6. The van der Waals surface area contributed by atoms with Gasteiger partial charge in [-0.1, -0.05) is 6.07 Å². The quantitative estimate of drug-likeness (QED) is 0.232. The van der Waals surface area contributed by atoms with Crippen molar-refractivity contribution < 1.29 is 22.3 Å². The van der Waals surface area contributed by atoms with Crippen molar-refractivity contribution in [1.82, 2.24) is 33.1 Å². The van der Waals surface area contributed by atoms with Gasteiger partial charge in [0.25, 0.3) is 11.8 Å². The minimum atomic E-state index is -3.20. The van der Waals surface area contributed by atoms with Gasteiger partial charge in [0, 0.05) is 96.0 Å². The lowest BCUT2D eigenvalue weighted by Crippen LogP contribution is -2.51. The molecule has 4 aromatic rings. The molecule has 3 aliphatic heterocycles. The number of hydrogen-bond donors (Lipinski definition) is 0. The lowest BCUT2D eigenvalue weighted by atomic mass is 9.94. The fourth-order valence-corrected chi connectivity index (χ4v) is 9.55. The second kappa shape index (κ2) is 14.6. The number of nitriles is 1. The standard InChI is InChI=1S/C39H50FN9O4S/c1-27(45-16-18-48(19-17-45)54(6,51)52)23-49-31(22-41)21-32-28(2)29(8-10-34(32)49)24-47-14-7-12-39(47)13-15-46(25-39)37-36(42-26-44(37)5)53-35-11-9-30(40)20-33(35)38(50)43(3)4/h8-11,20-21,26-27H,7,12-19,23-25H2,1-6H3. The number of nitrogens with zero attached hydrogens (tertiary/aromatic N) is 9. The van der Waals surface area contributed by atoms with E-state index in [0.717, 1.165) is 62.2 Å². The van der Waals surface area contributed by atoms with Crippen LogP contribution in [0.5, 0.6) is 11.6 Å². The molecule has 0 saturated carbocycles. The zero-order chi connectivity index (χ0) is 38.5. The van der Waals surface area contributed by atoms with Crippen LogP contribution in [0.4, 0.5) is 10.2 Å². The van der Waals surface area contributed by atoms with Gasteiger partial charge in [-0.25, -0.2) is 17.8 Å². The molecule has 0 aliphatic carbocycles. The third kappa shape index (κ3) is 7.08. The molecule has 5 heterocycles. The van der Waals surface area contributed by atoms with E-state index < -0.39 is 15.8 Å². The first-order valence-corrected chi connectivity index (χ1v) is 20.5. The summed E-state index contributed by atoms with van der Waals surface area (Å²) in [4.78, 5) is 26.1. The zero-order valence-corrected chi connectivity index (χ0v) is 32.9. The molecule has 1 amide bonds. The molecular formula is C39H50FN9O4S. The Balaban J connectivity index is 1.08. The summed E-state index contributed by atoms with van der Waals surface area (Å²) < 4.78 is 50.1. The Kier molecular flexibility index (Phi) is 10.2. The SMILES string of the molecule is Cc1c(CN2CCCC23CCN(c2c(Oc4ccc(F)cc4C(=O)N(C)C)ncn2C)C3)ccc2c1cc(C#N)n2CC(C)N1CCN(S(C)(=O)=O)CC1. The summed E-state index contributed by atoms with van der Waals surface area (Å²) in [5.41, 5.74) is 4.19. The third-order valence-electron chi connectivity index (χ3n) is 11.8. The number of ether oxygens (including phenoxy) is 1. The van der Waals surface area contributed by atoms with Gasteiger partial charge >= 0.3 is 0 Å². The molecule has 1 spiro atoms. The minimum Gasteiger partial charge on any atom is -0.435 e. The van der Waals surface area contributed by atoms with Crippen LogP contribution in [0.2, 0.25) is 0 Å². The van der Waals surface area contributed by atoms with E-state index >= 15 is 0 Å². The lowest BCUT2D eigenvalue weighted by molar-refractivity contribution is 0.0824. The largest absolute Gasteiger partial charge is 0.435 e. The van der Waals surface area contributed by atoms with Gasteiger partial charge in [0.05, 0.1) is 11.8 Å². The molecule has 2 aromatic heterocycles. The van der Waals surface area contributed by atoms with Crippen molar-refractivity contribution in [2.24, 2.45) is 7.05 Å². The number of sulfonamides is 1. The second-order valence-electron chi connectivity index (χ2n) is 15.4. The van der Waals surface area contributed by atoms with Crippen LogP contribution in [0.15, 0.2) is 42.7 Å². The molecule has 0 radical (unpaired) electrons. The highest BCUT2D eigenvalue weighted by Gasteiger charge is 2.47. The molecule has 2 unspecified atom stereocenters. The molecular weight excluding hydrogens is 710 g/mol. The van der Waals surface area contributed by atoms with Crippen molar-refractivity contribution >= 4 is 32.7 Å². The molecule has 13 nitrogen and oxygen atoms in total. The molecule has 2 aromatic carbocycles. The van der Waals surface area contributed by atoms with Crippen LogP contribution in [0.1, 0.15) is 53.4 Å². The summed E-state index contributed by atoms with van der Waals surface area (Å²) >= 11 is 0. The highest BCUT2D eigenvalue weighted by atomic mass is 32.2. The first kappa shape index (κ1) is 37.8. The zero-order valence-electron chi connectivity index (χ0n) is 32.0. The summed E-state index contributed by atoms with van der Waals surface area (Å²) in [6, 6.07) is 12.9. The number of halogens is 1. The number of amides is 1. The third-order valence-corrected chi connectivity index (χ3v) is 13.1. The van der Waals surface area contributed by atoms with E-state index in [9.17, 15) is 22.9 Å². The van der Waals surface area contributed by atoms with Gasteiger partial charge in [-0.2, -0.15) is 9.57 Å². The van der Waals surface area contributed by atoms with Gasteiger partial charge in [0.2, 0.25) is 10.0 Å². The van der Waals surface area contributed by atoms with Gasteiger partial charge in [0.1, 0.15) is 29.7 Å². The average Bonchev–Trinajstić information content (AvgIpc) is 3.92. The molecule has 3 saturated heterocycles. The molecule has 54 heavy (non-hydrogen) atoms. The van der Waals surface area contributed by atoms with Gasteiger partial charge in [-0.3, -0.25) is 14.6 Å². The maximum atomic E-state index is 14.2. The summed E-state index contributed by atoms with van der Waals surface area (Å²) in [6.45, 7) is 10.6. The van der Waals surface area contributed by atoms with Crippen molar-refractivity contribution in [3.05, 3.63) is 70.9 Å². The number of carbonyl (C=O) groups is 1. The van der Waals surface area contributed by atoms with Crippen LogP contribution in [0.3, 0.4) is 0 Å². The van der Waals surface area contributed by atoms with E-state index in [0.29, 0.717) is 44.3 Å². The highest BCUT2D eigenvalue weighted by Crippen LogP contribution is 2.43. The fraction of sp³-hybridized carbons (Fsp3) is 0.513. The van der Waals surface area contributed by atoms with Gasteiger partial charge < -0.3 is 23.7 Å². The van der Waals surface area contributed by atoms with Crippen molar-refractivity contribution in [3.63, 3.8) is 0 Å². The number of aryl methyl sites for hydroxylation is 2. The maximum Gasteiger partial charge on any atom is 0.262 e. The Morgan fingerprint density at radius 1 is 1.09 bits per heavy atom. The predicted molar refractivity (Wildman–Crippen MR) is 206 cm³/mol. The molecule has 3 aliphatic rings. The number of hydrogen-bond acceptors (Lipinski definition) is 9. The van der Waals surface area contributed by atoms with Crippen LogP contribution in [-0.2, 0) is 30.2 Å². The monoisotopic (exact) mass is 759 g/mol. The predicted octanol–water partition coefficient (Wildman–Crippen LogP) is 4.40. The Morgan fingerprint density at radius 2 is 1.85 bits per heavy atom. The van der Waals surface area contributed by atoms with E-state index in [4.69, 9.17) is 4.74 Å². The second-order valence-corrected chi connectivity index (χ2v) is 17.4. The number of benzene rings is 2. The Morgan fingerprint density at radius 3 is 2.56 bits per heavy atom. The number of piperazine rings is 1. The van der Waals surface area contributed by atoms with Crippen molar-refractivity contribution in [2.45, 2.75) is 57.8 Å². The average molecular weight is 760 g/mol. The van der Waals surface area contributed by atoms with Crippen LogP contribution in [0, 0.1) is 24.1 Å². The molecule has 15 heteroatoms. The lowest BCUT2D eigenvalue weighted by Gasteiger charge is -2.37. The Hall–Kier alpha value is -4.49. The molecule has 2 atom stereocenters. The number of likely N-dealkylation sites (tertiary alicyclic amines) is 1. The van der Waals surface area contributed by atoms with Gasteiger partial charge in [-0.05, 0) is 81.1 Å². The topological polar surface area (TPSA) is 123 Å². The van der Waals surface area contributed by atoms with E-state index in [1.165, 1.54) is 44.8 Å². The van der Waals surface area contributed by atoms with Crippen molar-refractivity contribution in [2.75, 3.05) is 71.1 Å². The van der Waals surface area contributed by atoms with Gasteiger partial charge in [0.15, 0.2) is 5.82 Å². The number of imidazole rings is 1. The van der Waals surface area contributed by atoms with Crippen LogP contribution in [-0.4, -0.2) is 125 Å². The summed E-state index contributed by atoms with van der Waals surface area (Å²) in [5, 5.41) is 11.3. The summed E-state index contributed by atoms with van der Waals surface area (Å²) in [6.07, 6.45) is 6.12. The van der Waals surface area contributed by atoms with E-state index in [-0.39, 0.29) is 28.8 Å². The number of aromatic nitrogens is 3. The maximum absolute atomic E-state index is 14.2.